The van der Waals surface area contributed by atoms with Gasteiger partial charge < -0.3 is 15.0 Å². The number of hydrogen-bond donors (Lipinski definition) is 1. The lowest BCUT2D eigenvalue weighted by Crippen LogP contribution is -2.21. The summed E-state index contributed by atoms with van der Waals surface area (Å²) in [6.45, 7) is 7.96. The molecule has 3 heteroatoms. The van der Waals surface area contributed by atoms with E-state index in [1.54, 1.807) is 0 Å². The molecule has 0 bridgehead atoms. The Morgan fingerprint density at radius 1 is 1.25 bits per heavy atom. The maximum atomic E-state index is 5.64. The first-order chi connectivity index (χ1) is 7.81. The van der Waals surface area contributed by atoms with Crippen molar-refractivity contribution in [3.05, 3.63) is 24.3 Å². The van der Waals surface area contributed by atoms with Crippen LogP contribution in [0.4, 0.5) is 5.69 Å². The molecular formula is C13H22N2O. The molecule has 0 aliphatic carbocycles. The third-order valence-corrected chi connectivity index (χ3v) is 2.57. The van der Waals surface area contributed by atoms with Gasteiger partial charge in [-0.3, -0.25) is 0 Å². The lowest BCUT2D eigenvalue weighted by molar-refractivity contribution is 0.318. The summed E-state index contributed by atoms with van der Waals surface area (Å²) in [6, 6.07) is 8.27. The lowest BCUT2D eigenvalue weighted by Gasteiger charge is -2.21. The van der Waals surface area contributed by atoms with Crippen LogP contribution in [-0.2, 0) is 0 Å². The Morgan fingerprint density at radius 2 is 2.00 bits per heavy atom. The molecular weight excluding hydrogens is 200 g/mol. The van der Waals surface area contributed by atoms with E-state index in [-0.39, 0.29) is 0 Å². The summed E-state index contributed by atoms with van der Waals surface area (Å²) in [5.74, 6) is 0.944. The molecule has 3 nitrogen and oxygen atoms in total. The minimum absolute atomic E-state index is 0.707. The summed E-state index contributed by atoms with van der Waals surface area (Å²) in [5.41, 5.74) is 1.23. The maximum absolute atomic E-state index is 5.64. The fourth-order valence-electron chi connectivity index (χ4n) is 1.63. The zero-order chi connectivity index (χ0) is 11.8. The van der Waals surface area contributed by atoms with E-state index in [2.05, 4.69) is 36.2 Å². The van der Waals surface area contributed by atoms with Gasteiger partial charge in [-0.1, -0.05) is 6.07 Å². The van der Waals surface area contributed by atoms with Crippen LogP contribution in [0.1, 0.15) is 13.8 Å². The van der Waals surface area contributed by atoms with Gasteiger partial charge in [0.25, 0.3) is 0 Å². The lowest BCUT2D eigenvalue weighted by atomic mass is 10.2. The average molecular weight is 222 g/mol. The van der Waals surface area contributed by atoms with E-state index in [0.717, 1.165) is 25.4 Å². The van der Waals surface area contributed by atoms with Gasteiger partial charge in [0.05, 0.1) is 0 Å². The normalized spacial score (nSPS) is 10.2. The molecule has 0 saturated carbocycles. The summed E-state index contributed by atoms with van der Waals surface area (Å²) < 4.78 is 5.64. The Hall–Kier alpha value is -1.22. The second-order valence-corrected chi connectivity index (χ2v) is 3.62. The molecule has 0 amide bonds. The van der Waals surface area contributed by atoms with E-state index >= 15 is 0 Å². The molecule has 0 aromatic heterocycles. The van der Waals surface area contributed by atoms with E-state index in [0.29, 0.717) is 6.61 Å². The first kappa shape index (κ1) is 12.8. The Kier molecular flexibility index (Phi) is 5.72. The highest BCUT2D eigenvalue weighted by molar-refractivity contribution is 5.50. The maximum Gasteiger partial charge on any atom is 0.121 e. The van der Waals surface area contributed by atoms with Crippen molar-refractivity contribution in [3.8, 4) is 5.75 Å². The fraction of sp³-hybridized carbons (Fsp3) is 0.538. The van der Waals surface area contributed by atoms with Crippen molar-refractivity contribution in [2.24, 2.45) is 0 Å². The highest BCUT2D eigenvalue weighted by atomic mass is 16.5. The molecule has 1 N–H and O–H groups in total. The summed E-state index contributed by atoms with van der Waals surface area (Å²) in [6.07, 6.45) is 0. The molecule has 0 saturated heterocycles. The van der Waals surface area contributed by atoms with Crippen LogP contribution >= 0.6 is 0 Å². The molecule has 0 heterocycles. The smallest absolute Gasteiger partial charge is 0.121 e. The number of benzene rings is 1. The molecule has 16 heavy (non-hydrogen) atoms. The molecule has 0 atom stereocenters. The average Bonchev–Trinajstić information content (AvgIpc) is 2.32. The van der Waals surface area contributed by atoms with Crippen molar-refractivity contribution >= 4 is 5.69 Å². The number of nitrogens with one attached hydrogen (secondary N) is 1. The van der Waals surface area contributed by atoms with Crippen LogP contribution in [0.25, 0.3) is 0 Å². The van der Waals surface area contributed by atoms with Gasteiger partial charge in [-0.15, -0.1) is 0 Å². The SMILES string of the molecule is CCN(CC)c1cccc(OCCNC)c1. The molecule has 1 aromatic rings. The number of likely N-dealkylation sites (N-methyl/N-ethyl adjacent to an activating group) is 1. The topological polar surface area (TPSA) is 24.5 Å². The summed E-state index contributed by atoms with van der Waals surface area (Å²) in [7, 11) is 1.93. The van der Waals surface area contributed by atoms with Crippen molar-refractivity contribution in [1.82, 2.24) is 5.32 Å². The van der Waals surface area contributed by atoms with Crippen LogP contribution in [0.3, 0.4) is 0 Å². The largest absolute Gasteiger partial charge is 0.492 e. The summed E-state index contributed by atoms with van der Waals surface area (Å²) in [5, 5.41) is 3.06. The third kappa shape index (κ3) is 3.74. The van der Waals surface area contributed by atoms with Crippen molar-refractivity contribution in [2.45, 2.75) is 13.8 Å². The van der Waals surface area contributed by atoms with E-state index in [4.69, 9.17) is 4.74 Å². The van der Waals surface area contributed by atoms with Crippen molar-refractivity contribution < 1.29 is 4.74 Å². The van der Waals surface area contributed by atoms with Gasteiger partial charge in [-0.05, 0) is 33.0 Å². The van der Waals surface area contributed by atoms with Crippen molar-refractivity contribution in [3.63, 3.8) is 0 Å². The highest BCUT2D eigenvalue weighted by Gasteiger charge is 2.02. The molecule has 1 rings (SSSR count). The molecule has 0 spiro atoms. The Bertz CT molecular complexity index is 298. The Morgan fingerprint density at radius 3 is 2.62 bits per heavy atom. The van der Waals surface area contributed by atoms with E-state index in [9.17, 15) is 0 Å². The second kappa shape index (κ2) is 7.12. The van der Waals surface area contributed by atoms with Crippen LogP contribution in [0, 0.1) is 0 Å². The van der Waals surface area contributed by atoms with Gasteiger partial charge in [-0.25, -0.2) is 0 Å². The van der Waals surface area contributed by atoms with Gasteiger partial charge in [0, 0.05) is 31.4 Å². The van der Waals surface area contributed by atoms with Crippen LogP contribution in [0.5, 0.6) is 5.75 Å². The minimum Gasteiger partial charge on any atom is -0.492 e. The zero-order valence-electron chi connectivity index (χ0n) is 10.5. The van der Waals surface area contributed by atoms with Crippen LogP contribution in [0.15, 0.2) is 24.3 Å². The number of ether oxygens (including phenoxy) is 1. The zero-order valence-corrected chi connectivity index (χ0v) is 10.5. The molecule has 0 aliphatic heterocycles. The summed E-state index contributed by atoms with van der Waals surface area (Å²) in [4.78, 5) is 2.31. The predicted octanol–water partition coefficient (Wildman–Crippen LogP) is 2.13. The molecule has 0 fully saturated rings. The van der Waals surface area contributed by atoms with Gasteiger partial charge >= 0.3 is 0 Å². The van der Waals surface area contributed by atoms with Crippen molar-refractivity contribution in [2.75, 3.05) is 38.2 Å². The Labute approximate surface area is 98.4 Å². The van der Waals surface area contributed by atoms with Crippen LogP contribution in [-0.4, -0.2) is 33.3 Å². The van der Waals surface area contributed by atoms with Gasteiger partial charge in [0.1, 0.15) is 12.4 Å². The van der Waals surface area contributed by atoms with Crippen molar-refractivity contribution in [1.29, 1.82) is 0 Å². The van der Waals surface area contributed by atoms with Crippen LogP contribution < -0.4 is 15.0 Å². The summed E-state index contributed by atoms with van der Waals surface area (Å²) >= 11 is 0. The monoisotopic (exact) mass is 222 g/mol. The molecule has 90 valence electrons. The third-order valence-electron chi connectivity index (χ3n) is 2.57. The standard InChI is InChI=1S/C13H22N2O/c1-4-15(5-2)12-7-6-8-13(11-12)16-10-9-14-3/h6-8,11,14H,4-5,9-10H2,1-3H3. The number of rotatable bonds is 7. The quantitative estimate of drug-likeness (QED) is 0.715. The number of anilines is 1. The van der Waals surface area contributed by atoms with Gasteiger partial charge in [0.15, 0.2) is 0 Å². The number of nitrogens with zero attached hydrogens (tertiary/aromatic N) is 1. The molecule has 1 aromatic carbocycles. The molecule has 0 unspecified atom stereocenters. The van der Waals surface area contributed by atoms with Gasteiger partial charge in [-0.2, -0.15) is 0 Å². The van der Waals surface area contributed by atoms with Crippen LogP contribution in [0.2, 0.25) is 0 Å². The Balaban J connectivity index is 2.62. The minimum atomic E-state index is 0.707. The van der Waals surface area contributed by atoms with E-state index < -0.39 is 0 Å². The fourth-order valence-corrected chi connectivity index (χ4v) is 1.63. The predicted molar refractivity (Wildman–Crippen MR) is 69.4 cm³/mol. The highest BCUT2D eigenvalue weighted by Crippen LogP contribution is 2.20. The second-order valence-electron chi connectivity index (χ2n) is 3.62. The van der Waals surface area contributed by atoms with Gasteiger partial charge in [0.2, 0.25) is 0 Å². The first-order valence-electron chi connectivity index (χ1n) is 5.94. The van der Waals surface area contributed by atoms with E-state index in [1.807, 2.05) is 19.2 Å². The first-order valence-corrected chi connectivity index (χ1v) is 5.94. The molecule has 0 radical (unpaired) electrons. The number of hydrogen-bond acceptors (Lipinski definition) is 3. The molecule has 0 aliphatic rings. The van der Waals surface area contributed by atoms with E-state index in [1.165, 1.54) is 5.69 Å².